The van der Waals surface area contributed by atoms with Crippen LogP contribution in [0.25, 0.3) is 0 Å². The number of methoxy groups -OCH3 is 1. The minimum absolute atomic E-state index is 0.273. The van der Waals surface area contributed by atoms with Gasteiger partial charge in [-0.15, -0.1) is 0 Å². The van der Waals surface area contributed by atoms with Crippen molar-refractivity contribution in [2.75, 3.05) is 12.4 Å². The molecule has 8 heteroatoms. The smallest absolute Gasteiger partial charge is 0.336 e. The molecule has 0 fully saturated rings. The van der Waals surface area contributed by atoms with Crippen LogP contribution in [0.5, 0.6) is 11.5 Å². The molecule has 0 spiro atoms. The van der Waals surface area contributed by atoms with Crippen LogP contribution in [0.4, 0.5) is 5.69 Å². The van der Waals surface area contributed by atoms with E-state index in [1.165, 1.54) is 0 Å². The lowest BCUT2D eigenvalue weighted by atomic mass is 10.1. The molecule has 0 unspecified atom stereocenters. The Morgan fingerprint density at radius 1 is 1.10 bits per heavy atom. The van der Waals surface area contributed by atoms with E-state index >= 15 is 0 Å². The second-order valence-corrected chi connectivity index (χ2v) is 8.45. The Kier molecular flexibility index (Phi) is 7.70. The average Bonchev–Trinajstić information content (AvgIpc) is 2.74. The first-order valence-electron chi connectivity index (χ1n) is 9.30. The number of hydrogen-bond donors (Lipinski definition) is 2. The molecule has 0 bridgehead atoms. The first kappa shape index (κ1) is 23.3. The molecule has 0 atom stereocenters. The zero-order valence-corrected chi connectivity index (χ0v) is 19.9. The Morgan fingerprint density at radius 2 is 1.87 bits per heavy atom. The van der Waals surface area contributed by atoms with E-state index in [4.69, 9.17) is 32.7 Å². The van der Waals surface area contributed by atoms with E-state index in [0.29, 0.717) is 40.3 Å². The predicted molar refractivity (Wildman–Crippen MR) is 127 cm³/mol. The minimum Gasteiger partial charge on any atom is -0.493 e. The number of carboxylic acid groups (broad SMARTS) is 1. The summed E-state index contributed by atoms with van der Waals surface area (Å²) in [6.07, 6.45) is 0. The number of halogens is 3. The van der Waals surface area contributed by atoms with Gasteiger partial charge in [-0.25, -0.2) is 4.79 Å². The summed E-state index contributed by atoms with van der Waals surface area (Å²) in [6.45, 7) is 2.55. The maximum Gasteiger partial charge on any atom is 0.336 e. The summed E-state index contributed by atoms with van der Waals surface area (Å²) < 4.78 is 12.2. The summed E-state index contributed by atoms with van der Waals surface area (Å²) in [4.78, 5) is 11.3. The van der Waals surface area contributed by atoms with Gasteiger partial charge in [0.15, 0.2) is 11.5 Å². The Bertz CT molecular complexity index is 1120. The van der Waals surface area contributed by atoms with E-state index in [-0.39, 0.29) is 5.56 Å². The fraction of sp³-hybridized carbons (Fsp3) is 0.174. The molecule has 31 heavy (non-hydrogen) atoms. The van der Waals surface area contributed by atoms with Gasteiger partial charge in [-0.05, 0) is 75.9 Å². The molecule has 2 N–H and O–H groups in total. The third-order valence-corrected chi connectivity index (χ3v) is 6.03. The van der Waals surface area contributed by atoms with Gasteiger partial charge in [-0.2, -0.15) is 0 Å². The molecular weight excluding hydrogens is 505 g/mol. The lowest BCUT2D eigenvalue weighted by molar-refractivity contribution is 0.0696. The number of carbonyl (C=O) groups is 1. The number of aromatic carboxylic acids is 1. The monoisotopic (exact) mass is 523 g/mol. The maximum atomic E-state index is 11.3. The van der Waals surface area contributed by atoms with E-state index in [2.05, 4.69) is 21.2 Å². The van der Waals surface area contributed by atoms with Gasteiger partial charge in [-0.1, -0.05) is 35.3 Å². The number of anilines is 1. The zero-order chi connectivity index (χ0) is 22.5. The van der Waals surface area contributed by atoms with Crippen molar-refractivity contribution in [1.82, 2.24) is 0 Å². The van der Waals surface area contributed by atoms with Crippen LogP contribution in [0, 0.1) is 6.92 Å². The van der Waals surface area contributed by atoms with Gasteiger partial charge >= 0.3 is 5.97 Å². The first-order valence-corrected chi connectivity index (χ1v) is 10.8. The third kappa shape index (κ3) is 5.64. The van der Waals surface area contributed by atoms with Crippen LogP contribution in [-0.4, -0.2) is 18.2 Å². The van der Waals surface area contributed by atoms with Crippen LogP contribution in [0.15, 0.2) is 53.0 Å². The van der Waals surface area contributed by atoms with Crippen molar-refractivity contribution in [2.45, 2.75) is 20.1 Å². The zero-order valence-electron chi connectivity index (χ0n) is 16.8. The van der Waals surface area contributed by atoms with Crippen LogP contribution in [0.2, 0.25) is 10.0 Å². The molecule has 0 aliphatic rings. The van der Waals surface area contributed by atoms with Crippen molar-refractivity contribution >= 4 is 50.8 Å². The number of hydrogen-bond acceptors (Lipinski definition) is 4. The van der Waals surface area contributed by atoms with Crippen molar-refractivity contribution in [3.63, 3.8) is 0 Å². The highest BCUT2D eigenvalue weighted by Crippen LogP contribution is 2.37. The Balaban J connectivity index is 1.75. The third-order valence-electron chi connectivity index (χ3n) is 4.70. The quantitative estimate of drug-likeness (QED) is 0.333. The maximum absolute atomic E-state index is 11.3. The van der Waals surface area contributed by atoms with E-state index in [1.54, 1.807) is 38.3 Å². The summed E-state index contributed by atoms with van der Waals surface area (Å²) in [6, 6.07) is 14.3. The molecule has 0 saturated carbocycles. The minimum atomic E-state index is -0.950. The molecule has 5 nitrogen and oxygen atoms in total. The molecular formula is C23H20BrCl2NO4. The Morgan fingerprint density at radius 3 is 2.55 bits per heavy atom. The second kappa shape index (κ2) is 10.3. The van der Waals surface area contributed by atoms with Gasteiger partial charge in [0.1, 0.15) is 6.61 Å². The van der Waals surface area contributed by atoms with Gasteiger partial charge < -0.3 is 19.9 Å². The number of benzene rings is 3. The Hall–Kier alpha value is -2.41. The lowest BCUT2D eigenvalue weighted by Crippen LogP contribution is -2.06. The van der Waals surface area contributed by atoms with Crippen molar-refractivity contribution in [1.29, 1.82) is 0 Å². The highest BCUT2D eigenvalue weighted by Gasteiger charge is 2.14. The normalized spacial score (nSPS) is 10.6. The predicted octanol–water partition coefficient (Wildman–Crippen LogP) is 6.96. The molecule has 0 aliphatic carbocycles. The van der Waals surface area contributed by atoms with Crippen LogP contribution >= 0.6 is 39.1 Å². The van der Waals surface area contributed by atoms with Gasteiger partial charge in [0, 0.05) is 12.2 Å². The fourth-order valence-corrected chi connectivity index (χ4v) is 3.98. The number of rotatable bonds is 8. The highest BCUT2D eigenvalue weighted by molar-refractivity contribution is 9.10. The number of ether oxygens (including phenoxy) is 2. The van der Waals surface area contributed by atoms with Gasteiger partial charge in [0.05, 0.1) is 27.2 Å². The molecule has 0 saturated heterocycles. The fourth-order valence-electron chi connectivity index (χ4n) is 3.06. The molecule has 3 aromatic carbocycles. The Labute approximate surface area is 199 Å². The van der Waals surface area contributed by atoms with Crippen LogP contribution in [0.3, 0.4) is 0 Å². The first-order chi connectivity index (χ1) is 14.8. The SMILES string of the molecule is COc1cc(CNc2cccc(C(=O)O)c2C)cc(Br)c1OCc1ccc(Cl)c(Cl)c1. The average molecular weight is 525 g/mol. The van der Waals surface area contributed by atoms with Crippen molar-refractivity contribution in [3.8, 4) is 11.5 Å². The molecule has 162 valence electrons. The molecule has 0 amide bonds. The molecule has 0 radical (unpaired) electrons. The van der Waals surface area contributed by atoms with Crippen molar-refractivity contribution in [2.24, 2.45) is 0 Å². The van der Waals surface area contributed by atoms with Gasteiger partial charge in [-0.3, -0.25) is 0 Å². The molecule has 0 aromatic heterocycles. The molecule has 3 aromatic rings. The van der Waals surface area contributed by atoms with E-state index < -0.39 is 5.97 Å². The van der Waals surface area contributed by atoms with Crippen LogP contribution < -0.4 is 14.8 Å². The lowest BCUT2D eigenvalue weighted by Gasteiger charge is -2.16. The van der Waals surface area contributed by atoms with Gasteiger partial charge in [0.2, 0.25) is 0 Å². The summed E-state index contributed by atoms with van der Waals surface area (Å²) in [7, 11) is 1.57. The summed E-state index contributed by atoms with van der Waals surface area (Å²) in [5.74, 6) is 0.192. The van der Waals surface area contributed by atoms with Crippen LogP contribution in [-0.2, 0) is 13.2 Å². The molecule has 0 aliphatic heterocycles. The largest absolute Gasteiger partial charge is 0.493 e. The van der Waals surface area contributed by atoms with E-state index in [1.807, 2.05) is 24.3 Å². The molecule has 0 heterocycles. The molecule has 3 rings (SSSR count). The number of nitrogens with one attached hydrogen (secondary N) is 1. The summed E-state index contributed by atoms with van der Waals surface area (Å²) in [5, 5.41) is 13.5. The summed E-state index contributed by atoms with van der Waals surface area (Å²) >= 11 is 15.6. The van der Waals surface area contributed by atoms with Crippen LogP contribution in [0.1, 0.15) is 27.0 Å². The highest BCUT2D eigenvalue weighted by atomic mass is 79.9. The van der Waals surface area contributed by atoms with Crippen molar-refractivity contribution < 1.29 is 19.4 Å². The summed E-state index contributed by atoms with van der Waals surface area (Å²) in [5.41, 5.74) is 3.53. The standard InChI is InChI=1S/C23H20BrCl2NO4/c1-13-16(23(28)29)4-3-5-20(13)27-11-15-8-17(24)22(21(10-15)30-2)31-12-14-6-7-18(25)19(26)9-14/h3-10,27H,11-12H2,1-2H3,(H,28,29). The van der Waals surface area contributed by atoms with Crippen molar-refractivity contribution in [3.05, 3.63) is 85.3 Å². The van der Waals surface area contributed by atoms with E-state index in [9.17, 15) is 9.90 Å². The topological polar surface area (TPSA) is 67.8 Å². The second-order valence-electron chi connectivity index (χ2n) is 6.78. The van der Waals surface area contributed by atoms with Gasteiger partial charge in [0.25, 0.3) is 0 Å². The van der Waals surface area contributed by atoms with E-state index in [0.717, 1.165) is 21.3 Å². The number of carboxylic acids is 1.